The van der Waals surface area contributed by atoms with Crippen LogP contribution in [0, 0.1) is 0 Å². The lowest BCUT2D eigenvalue weighted by Crippen LogP contribution is -2.26. The number of alkyl halides is 2. The molecule has 16 heavy (non-hydrogen) atoms. The van der Waals surface area contributed by atoms with Crippen LogP contribution in [0.15, 0.2) is 17.0 Å². The molecule has 0 spiro atoms. The minimum absolute atomic E-state index is 0.317. The van der Waals surface area contributed by atoms with E-state index in [9.17, 15) is 17.2 Å². The molecule has 0 unspecified atom stereocenters. The average molecular weight is 272 g/mol. The number of nitrogens with two attached hydrogens (primary N) is 1. The quantitative estimate of drug-likeness (QED) is 0.835. The van der Waals surface area contributed by atoms with Crippen molar-refractivity contribution in [1.82, 2.24) is 0 Å². The summed E-state index contributed by atoms with van der Waals surface area (Å²) in [6, 6.07) is 2.14. The van der Waals surface area contributed by atoms with Crippen LogP contribution in [0.25, 0.3) is 0 Å². The molecule has 1 aliphatic rings. The SMILES string of the molecule is NS(=O)(=O)c1c(Cl)ccc2c1OC(F)(F)O2. The highest BCUT2D eigenvalue weighted by Crippen LogP contribution is 2.47. The molecule has 1 aliphatic heterocycles. The lowest BCUT2D eigenvalue weighted by Gasteiger charge is -2.06. The topological polar surface area (TPSA) is 78.6 Å². The molecule has 2 N–H and O–H groups in total. The molecule has 1 aromatic carbocycles. The zero-order valence-electron chi connectivity index (χ0n) is 7.41. The van der Waals surface area contributed by atoms with E-state index in [1.165, 1.54) is 0 Å². The summed E-state index contributed by atoms with van der Waals surface area (Å²) in [6.45, 7) is 0. The lowest BCUT2D eigenvalue weighted by molar-refractivity contribution is -0.287. The van der Waals surface area contributed by atoms with Gasteiger partial charge >= 0.3 is 6.29 Å². The molecule has 0 bridgehead atoms. The molecule has 2 rings (SSSR count). The third kappa shape index (κ3) is 1.79. The van der Waals surface area contributed by atoms with Gasteiger partial charge in [-0.05, 0) is 12.1 Å². The van der Waals surface area contributed by atoms with Crippen molar-refractivity contribution in [2.24, 2.45) is 5.14 Å². The first-order valence-corrected chi connectivity index (χ1v) is 5.74. The maximum absolute atomic E-state index is 12.7. The van der Waals surface area contributed by atoms with Gasteiger partial charge in [0.15, 0.2) is 11.5 Å². The number of ether oxygens (including phenoxy) is 2. The van der Waals surface area contributed by atoms with Crippen LogP contribution in [0.2, 0.25) is 5.02 Å². The fourth-order valence-corrected chi connectivity index (χ4v) is 2.44. The molecule has 1 aromatic rings. The summed E-state index contributed by atoms with van der Waals surface area (Å²) in [4.78, 5) is -0.719. The Morgan fingerprint density at radius 1 is 1.31 bits per heavy atom. The van der Waals surface area contributed by atoms with Crippen molar-refractivity contribution in [3.05, 3.63) is 17.2 Å². The van der Waals surface area contributed by atoms with Crippen LogP contribution in [-0.4, -0.2) is 14.7 Å². The molecule has 0 aliphatic carbocycles. The van der Waals surface area contributed by atoms with Crippen molar-refractivity contribution in [2.45, 2.75) is 11.2 Å². The Bertz CT molecular complexity index is 560. The highest BCUT2D eigenvalue weighted by atomic mass is 35.5. The zero-order chi connectivity index (χ0) is 12.1. The van der Waals surface area contributed by atoms with Crippen LogP contribution in [0.4, 0.5) is 8.78 Å². The lowest BCUT2D eigenvalue weighted by atomic mass is 10.3. The highest BCUT2D eigenvalue weighted by Gasteiger charge is 2.46. The average Bonchev–Trinajstić information content (AvgIpc) is 2.35. The second kappa shape index (κ2) is 3.19. The monoisotopic (exact) mass is 271 g/mol. The van der Waals surface area contributed by atoms with E-state index in [0.717, 1.165) is 12.1 Å². The maximum Gasteiger partial charge on any atom is 0.586 e. The molecular weight excluding hydrogens is 268 g/mol. The molecule has 88 valence electrons. The largest absolute Gasteiger partial charge is 0.586 e. The van der Waals surface area contributed by atoms with Crippen molar-refractivity contribution >= 4 is 21.6 Å². The number of hydrogen-bond donors (Lipinski definition) is 1. The molecule has 5 nitrogen and oxygen atoms in total. The predicted octanol–water partition coefficient (Wildman–Crippen LogP) is 1.31. The van der Waals surface area contributed by atoms with Crippen LogP contribution in [0.3, 0.4) is 0 Å². The molecule has 0 saturated heterocycles. The minimum Gasteiger partial charge on any atom is -0.395 e. The number of rotatable bonds is 1. The smallest absolute Gasteiger partial charge is 0.395 e. The van der Waals surface area contributed by atoms with Gasteiger partial charge in [-0.1, -0.05) is 11.6 Å². The summed E-state index contributed by atoms with van der Waals surface area (Å²) in [7, 11) is -4.28. The Balaban J connectivity index is 2.70. The van der Waals surface area contributed by atoms with E-state index in [2.05, 4.69) is 9.47 Å². The first kappa shape index (κ1) is 11.4. The predicted molar refractivity (Wildman–Crippen MR) is 49.0 cm³/mol. The number of sulfonamides is 1. The minimum atomic E-state index is -4.28. The van der Waals surface area contributed by atoms with E-state index in [1.807, 2.05) is 0 Å². The maximum atomic E-state index is 12.7. The van der Waals surface area contributed by atoms with Gasteiger partial charge in [0.2, 0.25) is 10.0 Å². The summed E-state index contributed by atoms with van der Waals surface area (Å²) in [5.41, 5.74) is 0. The Labute approximate surface area is 93.8 Å². The Morgan fingerprint density at radius 3 is 2.50 bits per heavy atom. The zero-order valence-corrected chi connectivity index (χ0v) is 8.98. The normalized spacial score (nSPS) is 17.5. The van der Waals surface area contributed by atoms with Crippen molar-refractivity contribution in [3.63, 3.8) is 0 Å². The molecule has 0 aromatic heterocycles. The third-order valence-electron chi connectivity index (χ3n) is 1.76. The first-order chi connectivity index (χ1) is 7.21. The van der Waals surface area contributed by atoms with Crippen LogP contribution in [0.1, 0.15) is 0 Å². The van der Waals surface area contributed by atoms with Crippen molar-refractivity contribution in [2.75, 3.05) is 0 Å². The molecule has 0 amide bonds. The van der Waals surface area contributed by atoms with E-state index in [1.54, 1.807) is 0 Å². The number of fused-ring (bicyclic) bond motifs is 1. The fraction of sp³-hybridized carbons (Fsp3) is 0.143. The van der Waals surface area contributed by atoms with Crippen LogP contribution >= 0.6 is 11.6 Å². The summed E-state index contributed by atoms with van der Waals surface area (Å²) >= 11 is 5.55. The van der Waals surface area contributed by atoms with Gasteiger partial charge < -0.3 is 9.47 Å². The number of benzene rings is 1. The third-order valence-corrected chi connectivity index (χ3v) is 3.16. The van der Waals surface area contributed by atoms with Gasteiger partial charge in [-0.15, -0.1) is 8.78 Å². The van der Waals surface area contributed by atoms with Gasteiger partial charge in [-0.25, -0.2) is 13.6 Å². The molecule has 1 heterocycles. The number of hydrogen-bond acceptors (Lipinski definition) is 4. The second-order valence-corrected chi connectivity index (χ2v) is 4.82. The molecule has 0 saturated carbocycles. The summed E-state index contributed by atoms with van der Waals surface area (Å²) in [5, 5.41) is 4.51. The summed E-state index contributed by atoms with van der Waals surface area (Å²) in [5.74, 6) is -1.11. The Morgan fingerprint density at radius 2 is 1.94 bits per heavy atom. The summed E-state index contributed by atoms with van der Waals surface area (Å²) < 4.78 is 55.8. The Hall–Kier alpha value is -1.12. The van der Waals surface area contributed by atoms with E-state index >= 15 is 0 Å². The van der Waals surface area contributed by atoms with Crippen molar-refractivity contribution < 1.29 is 26.7 Å². The van der Waals surface area contributed by atoms with Crippen molar-refractivity contribution in [3.8, 4) is 11.5 Å². The first-order valence-electron chi connectivity index (χ1n) is 3.82. The van der Waals surface area contributed by atoms with Crippen LogP contribution < -0.4 is 14.6 Å². The van der Waals surface area contributed by atoms with Crippen LogP contribution in [0.5, 0.6) is 11.5 Å². The van der Waals surface area contributed by atoms with Gasteiger partial charge in [0.05, 0.1) is 5.02 Å². The second-order valence-electron chi connectivity index (χ2n) is 2.92. The molecule has 0 radical (unpaired) electrons. The number of halogens is 3. The molecule has 0 atom stereocenters. The van der Waals surface area contributed by atoms with Gasteiger partial charge in [0.1, 0.15) is 4.90 Å². The van der Waals surface area contributed by atoms with E-state index < -0.39 is 32.7 Å². The molecule has 0 fully saturated rings. The summed E-state index contributed by atoms with van der Waals surface area (Å²) in [6.07, 6.45) is -3.92. The highest BCUT2D eigenvalue weighted by molar-refractivity contribution is 7.89. The van der Waals surface area contributed by atoms with E-state index in [0.29, 0.717) is 0 Å². The van der Waals surface area contributed by atoms with Gasteiger partial charge in [-0.3, -0.25) is 0 Å². The Kier molecular flexibility index (Phi) is 2.26. The fourth-order valence-electron chi connectivity index (χ4n) is 1.23. The molecule has 9 heteroatoms. The van der Waals surface area contributed by atoms with Crippen molar-refractivity contribution in [1.29, 1.82) is 0 Å². The molecular formula is C7H4ClF2NO4S. The van der Waals surface area contributed by atoms with Crippen LogP contribution in [-0.2, 0) is 10.0 Å². The van der Waals surface area contributed by atoms with E-state index in [-0.39, 0.29) is 5.02 Å². The van der Waals surface area contributed by atoms with Gasteiger partial charge in [0.25, 0.3) is 0 Å². The standard InChI is InChI=1S/C7H4ClF2NO4S/c8-3-1-2-4-5(6(3)16(11,12)13)15-7(9,10)14-4/h1-2H,(H2,11,12,13). The van der Waals surface area contributed by atoms with Gasteiger partial charge in [-0.2, -0.15) is 0 Å². The van der Waals surface area contributed by atoms with Gasteiger partial charge in [0, 0.05) is 0 Å². The van der Waals surface area contributed by atoms with E-state index in [4.69, 9.17) is 16.7 Å². The number of primary sulfonamides is 1.